The Labute approximate surface area is 189 Å². The van der Waals surface area contributed by atoms with Gasteiger partial charge in [0.05, 0.1) is 6.33 Å². The molecule has 0 bridgehead atoms. The second-order valence-corrected chi connectivity index (χ2v) is 7.48. The number of nitrogens with zero attached hydrogens (tertiary/aromatic N) is 3. The van der Waals surface area contributed by atoms with Gasteiger partial charge in [-0.3, -0.25) is 9.20 Å². The zero-order valence-electron chi connectivity index (χ0n) is 16.8. The van der Waals surface area contributed by atoms with Gasteiger partial charge in [-0.1, -0.05) is 36.3 Å². The molecule has 2 aromatic carbocycles. The number of nitrogens with one attached hydrogen (secondary N) is 2. The summed E-state index contributed by atoms with van der Waals surface area (Å²) in [7, 11) is 0. The van der Waals surface area contributed by atoms with Gasteiger partial charge in [-0.2, -0.15) is 0 Å². The number of carbonyl (C=O) groups excluding carboxylic acids is 1. The predicted molar refractivity (Wildman–Crippen MR) is 127 cm³/mol. The van der Waals surface area contributed by atoms with Crippen molar-refractivity contribution >= 4 is 29.5 Å². The second-order valence-electron chi connectivity index (χ2n) is 7.06. The summed E-state index contributed by atoms with van der Waals surface area (Å²) in [6.45, 7) is 0. The van der Waals surface area contributed by atoms with E-state index in [-0.39, 0.29) is 5.91 Å². The normalized spacial score (nSPS) is 10.5. The maximum atomic E-state index is 12.8. The molecule has 5 rings (SSSR count). The van der Waals surface area contributed by atoms with Crippen molar-refractivity contribution in [1.82, 2.24) is 18.9 Å². The van der Waals surface area contributed by atoms with Crippen LogP contribution in [0.2, 0.25) is 0 Å². The summed E-state index contributed by atoms with van der Waals surface area (Å²) in [5, 5.41) is 2.95. The van der Waals surface area contributed by atoms with E-state index in [1.54, 1.807) is 24.7 Å². The number of aromatic amines is 1. The number of benzene rings is 2. The van der Waals surface area contributed by atoms with Gasteiger partial charge in [0.1, 0.15) is 16.0 Å². The molecule has 0 saturated carbocycles. The van der Waals surface area contributed by atoms with E-state index >= 15 is 0 Å². The molecule has 3 heterocycles. The lowest BCUT2D eigenvalue weighted by atomic mass is 10.1. The van der Waals surface area contributed by atoms with Crippen molar-refractivity contribution in [2.24, 2.45) is 0 Å². The standard InChI is InChI=1S/C25H17N5OS/c31-25(28-20-6-2-7-21(15-20)29-13-12-26-17-29)19-5-1-4-18(14-19)10-11-22-16-27-23-8-3-9-24(32)30(22)23/h1-9,12-17,27H,(H,28,31). The Balaban J connectivity index is 1.38. The molecular formula is C25H17N5OS. The summed E-state index contributed by atoms with van der Waals surface area (Å²) >= 11 is 5.40. The molecule has 0 fully saturated rings. The molecule has 0 radical (unpaired) electrons. The first-order chi connectivity index (χ1) is 15.7. The largest absolute Gasteiger partial charge is 0.345 e. The topological polar surface area (TPSA) is 67.1 Å². The molecule has 3 aromatic heterocycles. The average molecular weight is 436 g/mol. The third kappa shape index (κ3) is 3.95. The van der Waals surface area contributed by atoms with E-state index < -0.39 is 0 Å². The summed E-state index contributed by atoms with van der Waals surface area (Å²) in [5.74, 6) is 6.06. The van der Waals surface area contributed by atoms with Crippen molar-refractivity contribution in [2.75, 3.05) is 5.32 Å². The first-order valence-electron chi connectivity index (χ1n) is 9.88. The number of H-pyrrole nitrogens is 1. The van der Waals surface area contributed by atoms with Crippen LogP contribution >= 0.6 is 12.2 Å². The molecule has 0 spiro atoms. The van der Waals surface area contributed by atoms with Crippen LogP contribution in [0.25, 0.3) is 11.3 Å². The molecule has 32 heavy (non-hydrogen) atoms. The quantitative estimate of drug-likeness (QED) is 0.315. The number of hydrogen-bond donors (Lipinski definition) is 2. The van der Waals surface area contributed by atoms with Crippen LogP contribution in [0.5, 0.6) is 0 Å². The van der Waals surface area contributed by atoms with Crippen molar-refractivity contribution in [3.8, 4) is 17.5 Å². The monoisotopic (exact) mass is 435 g/mol. The molecule has 0 unspecified atom stereocenters. The van der Waals surface area contributed by atoms with Crippen molar-refractivity contribution in [3.63, 3.8) is 0 Å². The Bertz CT molecular complexity index is 1550. The van der Waals surface area contributed by atoms with Crippen molar-refractivity contribution < 1.29 is 4.79 Å². The average Bonchev–Trinajstić information content (AvgIpc) is 3.49. The van der Waals surface area contributed by atoms with E-state index in [0.717, 1.165) is 22.6 Å². The maximum Gasteiger partial charge on any atom is 0.255 e. The molecule has 6 nitrogen and oxygen atoms in total. The number of anilines is 1. The van der Waals surface area contributed by atoms with Crippen LogP contribution in [0, 0.1) is 16.5 Å². The molecule has 0 atom stereocenters. The van der Waals surface area contributed by atoms with Crippen LogP contribution in [0.3, 0.4) is 0 Å². The zero-order chi connectivity index (χ0) is 21.9. The highest BCUT2D eigenvalue weighted by atomic mass is 32.1. The SMILES string of the molecule is O=C(Nc1cccc(-n2ccnc2)c1)c1cccc(C#Cc2c[nH]c3cccc(=S)n23)c1. The third-order valence-corrected chi connectivity index (χ3v) is 5.24. The second kappa shape index (κ2) is 8.38. The molecule has 0 aliphatic heterocycles. The molecule has 154 valence electrons. The number of carbonyl (C=O) groups is 1. The number of pyridine rings is 1. The smallest absolute Gasteiger partial charge is 0.255 e. The Morgan fingerprint density at radius 3 is 2.78 bits per heavy atom. The van der Waals surface area contributed by atoms with Gasteiger partial charge in [-0.25, -0.2) is 4.98 Å². The number of hydrogen-bond acceptors (Lipinski definition) is 3. The first-order valence-corrected chi connectivity index (χ1v) is 10.3. The minimum absolute atomic E-state index is 0.203. The molecule has 5 aromatic rings. The van der Waals surface area contributed by atoms with Gasteiger partial charge in [-0.15, -0.1) is 0 Å². The number of aromatic nitrogens is 4. The van der Waals surface area contributed by atoms with E-state index in [0.29, 0.717) is 15.9 Å². The van der Waals surface area contributed by atoms with Gasteiger partial charge in [0.2, 0.25) is 0 Å². The highest BCUT2D eigenvalue weighted by molar-refractivity contribution is 7.71. The van der Waals surface area contributed by atoms with E-state index in [1.807, 2.05) is 76.0 Å². The molecule has 1 amide bonds. The lowest BCUT2D eigenvalue weighted by molar-refractivity contribution is 0.102. The van der Waals surface area contributed by atoms with Crippen molar-refractivity contribution in [1.29, 1.82) is 0 Å². The fourth-order valence-electron chi connectivity index (χ4n) is 3.38. The summed E-state index contributed by atoms with van der Waals surface area (Å²) in [6.07, 6.45) is 7.10. The fourth-order valence-corrected chi connectivity index (χ4v) is 3.66. The van der Waals surface area contributed by atoms with E-state index in [4.69, 9.17) is 12.2 Å². The molecular weight excluding hydrogens is 418 g/mol. The van der Waals surface area contributed by atoms with Crippen LogP contribution in [-0.4, -0.2) is 24.8 Å². The fraction of sp³-hybridized carbons (Fsp3) is 0. The highest BCUT2D eigenvalue weighted by Gasteiger charge is 2.08. The molecule has 0 aliphatic carbocycles. The minimum Gasteiger partial charge on any atom is -0.345 e. The van der Waals surface area contributed by atoms with Crippen LogP contribution in [0.4, 0.5) is 5.69 Å². The maximum absolute atomic E-state index is 12.8. The number of amides is 1. The van der Waals surface area contributed by atoms with E-state index in [1.165, 1.54) is 0 Å². The summed E-state index contributed by atoms with van der Waals surface area (Å²) in [6, 6.07) is 20.5. The van der Waals surface area contributed by atoms with Gasteiger partial charge in [0, 0.05) is 41.1 Å². The van der Waals surface area contributed by atoms with E-state index in [9.17, 15) is 4.79 Å². The van der Waals surface area contributed by atoms with Crippen LogP contribution in [-0.2, 0) is 0 Å². The van der Waals surface area contributed by atoms with Crippen LogP contribution in [0.1, 0.15) is 21.6 Å². The Kier molecular flexibility index (Phi) is 5.12. The summed E-state index contributed by atoms with van der Waals surface area (Å²) in [5.41, 5.74) is 4.52. The Hall–Kier alpha value is -4.41. The van der Waals surface area contributed by atoms with Gasteiger partial charge in [-0.05, 0) is 54.5 Å². The zero-order valence-corrected chi connectivity index (χ0v) is 17.6. The van der Waals surface area contributed by atoms with Crippen molar-refractivity contribution in [3.05, 3.63) is 113 Å². The predicted octanol–water partition coefficient (Wildman–Crippen LogP) is 4.83. The van der Waals surface area contributed by atoms with Gasteiger partial charge in [0.25, 0.3) is 5.91 Å². The lowest BCUT2D eigenvalue weighted by Crippen LogP contribution is -2.12. The van der Waals surface area contributed by atoms with Gasteiger partial charge in [0.15, 0.2) is 0 Å². The van der Waals surface area contributed by atoms with Gasteiger partial charge >= 0.3 is 0 Å². The number of fused-ring (bicyclic) bond motifs is 1. The molecule has 0 saturated heterocycles. The molecule has 2 N–H and O–H groups in total. The first kappa shape index (κ1) is 19.5. The van der Waals surface area contributed by atoms with Crippen LogP contribution in [0.15, 0.2) is 91.6 Å². The molecule has 7 heteroatoms. The summed E-state index contributed by atoms with van der Waals surface area (Å²) < 4.78 is 4.44. The number of rotatable bonds is 3. The van der Waals surface area contributed by atoms with Crippen LogP contribution < -0.4 is 5.32 Å². The minimum atomic E-state index is -0.203. The number of imidazole rings is 2. The third-order valence-electron chi connectivity index (χ3n) is 4.92. The molecule has 0 aliphatic rings. The lowest BCUT2D eigenvalue weighted by Gasteiger charge is -2.08. The highest BCUT2D eigenvalue weighted by Crippen LogP contribution is 2.16. The van der Waals surface area contributed by atoms with Gasteiger partial charge < -0.3 is 14.9 Å². The van der Waals surface area contributed by atoms with E-state index in [2.05, 4.69) is 27.1 Å². The Morgan fingerprint density at radius 1 is 1.03 bits per heavy atom. The Morgan fingerprint density at radius 2 is 1.91 bits per heavy atom. The summed E-state index contributed by atoms with van der Waals surface area (Å²) in [4.78, 5) is 20.0. The van der Waals surface area contributed by atoms with Crippen molar-refractivity contribution in [2.45, 2.75) is 0 Å².